The average molecular weight is 243 g/mol. The highest BCUT2D eigenvalue weighted by Crippen LogP contribution is 2.09. The van der Waals surface area contributed by atoms with Gasteiger partial charge < -0.3 is 5.32 Å². The molecule has 18 heavy (non-hydrogen) atoms. The molecule has 2 aromatic rings. The first-order valence-electron chi connectivity index (χ1n) is 5.92. The van der Waals surface area contributed by atoms with Crippen LogP contribution in [-0.4, -0.2) is 22.7 Å². The Labute approximate surface area is 107 Å². The number of nitrogens with zero attached hydrogens (tertiary/aromatic N) is 2. The lowest BCUT2D eigenvalue weighted by atomic mass is 10.1. The van der Waals surface area contributed by atoms with E-state index in [2.05, 4.69) is 16.5 Å². The molecule has 0 radical (unpaired) electrons. The number of hydrogen-bond donors (Lipinski definition) is 1. The Balaban J connectivity index is 2.16. The second-order valence-electron chi connectivity index (χ2n) is 4.36. The monoisotopic (exact) mass is 243 g/mol. The van der Waals surface area contributed by atoms with Gasteiger partial charge in [0.2, 0.25) is 0 Å². The zero-order valence-corrected chi connectivity index (χ0v) is 10.9. The molecule has 1 heterocycles. The van der Waals surface area contributed by atoms with E-state index in [1.807, 2.05) is 42.8 Å². The predicted molar refractivity (Wildman–Crippen MR) is 70.6 cm³/mol. The SMILES string of the molecule is CNC(=O)c1ccc(Cn2nc(C)cc2C)cc1. The van der Waals surface area contributed by atoms with Crippen LogP contribution in [-0.2, 0) is 6.54 Å². The Morgan fingerprint density at radius 2 is 1.94 bits per heavy atom. The summed E-state index contributed by atoms with van der Waals surface area (Å²) in [4.78, 5) is 11.4. The van der Waals surface area contributed by atoms with Gasteiger partial charge in [0.1, 0.15) is 0 Å². The molecule has 1 N–H and O–H groups in total. The molecule has 0 aliphatic carbocycles. The standard InChI is InChI=1S/C14H17N3O/c1-10-8-11(2)17(16-10)9-12-4-6-13(7-5-12)14(18)15-3/h4-8H,9H2,1-3H3,(H,15,18). The van der Waals surface area contributed by atoms with Gasteiger partial charge in [-0.2, -0.15) is 5.10 Å². The van der Waals surface area contributed by atoms with Crippen LogP contribution < -0.4 is 5.32 Å². The molecule has 0 atom stereocenters. The molecular weight excluding hydrogens is 226 g/mol. The number of carbonyl (C=O) groups is 1. The highest BCUT2D eigenvalue weighted by molar-refractivity contribution is 5.93. The van der Waals surface area contributed by atoms with Crippen LogP contribution in [0.2, 0.25) is 0 Å². The van der Waals surface area contributed by atoms with Crippen molar-refractivity contribution in [1.29, 1.82) is 0 Å². The number of benzene rings is 1. The zero-order valence-electron chi connectivity index (χ0n) is 10.9. The van der Waals surface area contributed by atoms with Gasteiger partial charge in [-0.1, -0.05) is 12.1 Å². The Bertz CT molecular complexity index is 555. The van der Waals surface area contributed by atoms with Crippen LogP contribution in [0.25, 0.3) is 0 Å². The number of aryl methyl sites for hydroxylation is 2. The van der Waals surface area contributed by atoms with Crippen molar-refractivity contribution in [3.05, 3.63) is 52.8 Å². The van der Waals surface area contributed by atoms with E-state index in [-0.39, 0.29) is 5.91 Å². The summed E-state index contributed by atoms with van der Waals surface area (Å²) in [6, 6.07) is 9.64. The minimum atomic E-state index is -0.0623. The van der Waals surface area contributed by atoms with E-state index in [1.54, 1.807) is 7.05 Å². The van der Waals surface area contributed by atoms with Gasteiger partial charge >= 0.3 is 0 Å². The first kappa shape index (κ1) is 12.4. The van der Waals surface area contributed by atoms with E-state index in [0.29, 0.717) is 5.56 Å². The van der Waals surface area contributed by atoms with Crippen LogP contribution in [0.5, 0.6) is 0 Å². The van der Waals surface area contributed by atoms with Gasteiger partial charge in [-0.05, 0) is 37.6 Å². The van der Waals surface area contributed by atoms with Crippen molar-refractivity contribution in [3.63, 3.8) is 0 Å². The molecule has 1 aromatic heterocycles. The van der Waals surface area contributed by atoms with Crippen LogP contribution >= 0.6 is 0 Å². The van der Waals surface area contributed by atoms with Crippen LogP contribution in [0.15, 0.2) is 30.3 Å². The first-order valence-corrected chi connectivity index (χ1v) is 5.92. The third-order valence-corrected chi connectivity index (χ3v) is 2.88. The number of nitrogens with one attached hydrogen (secondary N) is 1. The third-order valence-electron chi connectivity index (χ3n) is 2.88. The topological polar surface area (TPSA) is 46.9 Å². The molecule has 1 aromatic carbocycles. The molecular formula is C14H17N3O. The lowest BCUT2D eigenvalue weighted by Gasteiger charge is -2.05. The molecule has 0 spiro atoms. The summed E-state index contributed by atoms with van der Waals surface area (Å²) in [7, 11) is 1.63. The van der Waals surface area contributed by atoms with Crippen LogP contribution in [0.3, 0.4) is 0 Å². The maximum atomic E-state index is 11.4. The van der Waals surface area contributed by atoms with Crippen LogP contribution in [0.4, 0.5) is 0 Å². The molecule has 4 nitrogen and oxygen atoms in total. The Morgan fingerprint density at radius 1 is 1.28 bits per heavy atom. The third kappa shape index (κ3) is 2.59. The van der Waals surface area contributed by atoms with Crippen molar-refractivity contribution in [1.82, 2.24) is 15.1 Å². The summed E-state index contributed by atoms with van der Waals surface area (Å²) < 4.78 is 1.96. The van der Waals surface area contributed by atoms with Crippen molar-refractivity contribution >= 4 is 5.91 Å². The number of hydrogen-bond acceptors (Lipinski definition) is 2. The molecule has 0 fully saturated rings. The summed E-state index contributed by atoms with van der Waals surface area (Å²) in [5.41, 5.74) is 3.97. The van der Waals surface area contributed by atoms with Crippen molar-refractivity contribution < 1.29 is 4.79 Å². The number of amides is 1. The molecule has 2 rings (SSSR count). The molecule has 0 aliphatic heterocycles. The lowest BCUT2D eigenvalue weighted by Crippen LogP contribution is -2.17. The van der Waals surface area contributed by atoms with Gasteiger partial charge in [0, 0.05) is 18.3 Å². The van der Waals surface area contributed by atoms with Crippen molar-refractivity contribution in [2.24, 2.45) is 0 Å². The van der Waals surface area contributed by atoms with Gasteiger partial charge in [0.25, 0.3) is 5.91 Å². The summed E-state index contributed by atoms with van der Waals surface area (Å²) in [5, 5.41) is 7.02. The van der Waals surface area contributed by atoms with Gasteiger partial charge in [-0.25, -0.2) is 0 Å². The average Bonchev–Trinajstić information content (AvgIpc) is 2.68. The van der Waals surface area contributed by atoms with Gasteiger partial charge in [0.05, 0.1) is 12.2 Å². The van der Waals surface area contributed by atoms with E-state index in [0.717, 1.165) is 23.5 Å². The molecule has 1 amide bonds. The smallest absolute Gasteiger partial charge is 0.251 e. The number of carbonyl (C=O) groups excluding carboxylic acids is 1. The number of aromatic nitrogens is 2. The maximum absolute atomic E-state index is 11.4. The fourth-order valence-corrected chi connectivity index (χ4v) is 1.91. The highest BCUT2D eigenvalue weighted by atomic mass is 16.1. The molecule has 0 saturated heterocycles. The maximum Gasteiger partial charge on any atom is 0.251 e. The van der Waals surface area contributed by atoms with Gasteiger partial charge in [0.15, 0.2) is 0 Å². The summed E-state index contributed by atoms with van der Waals surface area (Å²) in [6.45, 7) is 4.75. The van der Waals surface area contributed by atoms with Gasteiger partial charge in [-0.15, -0.1) is 0 Å². The normalized spacial score (nSPS) is 10.4. The quantitative estimate of drug-likeness (QED) is 0.895. The fourth-order valence-electron chi connectivity index (χ4n) is 1.91. The van der Waals surface area contributed by atoms with Crippen molar-refractivity contribution in [2.45, 2.75) is 20.4 Å². The molecule has 0 saturated carbocycles. The molecule has 4 heteroatoms. The Kier molecular flexibility index (Phi) is 3.46. The molecule has 0 aliphatic rings. The summed E-state index contributed by atoms with van der Waals surface area (Å²) in [5.74, 6) is -0.0623. The second kappa shape index (κ2) is 5.04. The minimum absolute atomic E-state index is 0.0623. The Hall–Kier alpha value is -2.10. The first-order chi connectivity index (χ1) is 8.60. The van der Waals surface area contributed by atoms with E-state index in [4.69, 9.17) is 0 Å². The molecule has 94 valence electrons. The predicted octanol–water partition coefficient (Wildman–Crippen LogP) is 1.91. The van der Waals surface area contributed by atoms with E-state index < -0.39 is 0 Å². The molecule has 0 bridgehead atoms. The van der Waals surface area contributed by atoms with Crippen molar-refractivity contribution in [2.75, 3.05) is 7.05 Å². The molecule has 0 unspecified atom stereocenters. The largest absolute Gasteiger partial charge is 0.355 e. The Morgan fingerprint density at radius 3 is 2.44 bits per heavy atom. The number of rotatable bonds is 3. The van der Waals surface area contributed by atoms with Crippen LogP contribution in [0, 0.1) is 13.8 Å². The minimum Gasteiger partial charge on any atom is -0.355 e. The summed E-state index contributed by atoms with van der Waals surface area (Å²) >= 11 is 0. The van der Waals surface area contributed by atoms with Crippen molar-refractivity contribution in [3.8, 4) is 0 Å². The van der Waals surface area contributed by atoms with Gasteiger partial charge in [-0.3, -0.25) is 9.48 Å². The lowest BCUT2D eigenvalue weighted by molar-refractivity contribution is 0.0963. The second-order valence-corrected chi connectivity index (χ2v) is 4.36. The zero-order chi connectivity index (χ0) is 13.1. The van der Waals surface area contributed by atoms with E-state index in [1.165, 1.54) is 0 Å². The van der Waals surface area contributed by atoms with E-state index >= 15 is 0 Å². The van der Waals surface area contributed by atoms with Crippen LogP contribution in [0.1, 0.15) is 27.3 Å². The highest BCUT2D eigenvalue weighted by Gasteiger charge is 2.04. The summed E-state index contributed by atoms with van der Waals surface area (Å²) in [6.07, 6.45) is 0. The fraction of sp³-hybridized carbons (Fsp3) is 0.286. The van der Waals surface area contributed by atoms with E-state index in [9.17, 15) is 4.79 Å².